The molecule has 4 nitrogen and oxygen atoms in total. The second-order valence-corrected chi connectivity index (χ2v) is 3.34. The molecule has 0 amide bonds. The first-order valence-electron chi connectivity index (χ1n) is 4.88. The van der Waals surface area contributed by atoms with Gasteiger partial charge in [0.05, 0.1) is 6.54 Å². The van der Waals surface area contributed by atoms with Crippen LogP contribution in [0.2, 0.25) is 0 Å². The van der Waals surface area contributed by atoms with Crippen LogP contribution in [-0.4, -0.2) is 12.6 Å². The summed E-state index contributed by atoms with van der Waals surface area (Å²) in [5.74, 6) is -0.495. The van der Waals surface area contributed by atoms with Gasteiger partial charge in [0.2, 0.25) is 0 Å². The number of halogens is 1. The van der Waals surface area contributed by atoms with E-state index in [9.17, 15) is 4.39 Å². The maximum Gasteiger partial charge on any atom is 0.291 e. The zero-order valence-corrected chi connectivity index (χ0v) is 8.61. The van der Waals surface area contributed by atoms with Crippen LogP contribution in [0.15, 0.2) is 47.0 Å². The average Bonchev–Trinajstić information content (AvgIpc) is 2.32. The van der Waals surface area contributed by atoms with Crippen molar-refractivity contribution in [2.45, 2.75) is 6.61 Å². The molecule has 84 valence electrons. The van der Waals surface area contributed by atoms with Gasteiger partial charge in [0.1, 0.15) is 12.4 Å². The van der Waals surface area contributed by atoms with E-state index in [4.69, 9.17) is 10.5 Å². The van der Waals surface area contributed by atoms with E-state index in [0.29, 0.717) is 6.61 Å². The first-order chi connectivity index (χ1) is 7.75. The van der Waals surface area contributed by atoms with Gasteiger partial charge in [-0.05, 0) is 5.56 Å². The van der Waals surface area contributed by atoms with Crippen LogP contribution in [0.5, 0.6) is 0 Å². The average molecular weight is 221 g/mol. The highest BCUT2D eigenvalue weighted by molar-refractivity contribution is 5.76. The van der Waals surface area contributed by atoms with Gasteiger partial charge in [-0.3, -0.25) is 5.32 Å². The van der Waals surface area contributed by atoms with Gasteiger partial charge >= 0.3 is 0 Å². The van der Waals surface area contributed by atoms with Crippen LogP contribution in [0, 0.1) is 0 Å². The van der Waals surface area contributed by atoms with Crippen molar-refractivity contribution in [3.8, 4) is 0 Å². The van der Waals surface area contributed by atoms with Crippen LogP contribution >= 0.6 is 0 Å². The molecule has 1 heterocycles. The number of amidine groups is 1. The largest absolute Gasteiger partial charge is 0.460 e. The molecule has 3 N–H and O–H groups in total. The lowest BCUT2D eigenvalue weighted by Gasteiger charge is -2.15. The number of hydrogen-bond donors (Lipinski definition) is 2. The van der Waals surface area contributed by atoms with E-state index in [0.717, 1.165) is 5.56 Å². The SMILES string of the molecule is NC1=C(F)CN=C(OCc2ccccc2)N1. The van der Waals surface area contributed by atoms with Gasteiger partial charge in [-0.15, -0.1) is 0 Å². The van der Waals surface area contributed by atoms with Crippen molar-refractivity contribution in [2.75, 3.05) is 6.54 Å². The summed E-state index contributed by atoms with van der Waals surface area (Å²) in [5.41, 5.74) is 6.38. The highest BCUT2D eigenvalue weighted by Gasteiger charge is 2.12. The zero-order valence-electron chi connectivity index (χ0n) is 8.61. The molecule has 1 aromatic carbocycles. The first kappa shape index (κ1) is 10.5. The highest BCUT2D eigenvalue weighted by Crippen LogP contribution is 2.06. The van der Waals surface area contributed by atoms with Crippen molar-refractivity contribution in [3.05, 3.63) is 47.5 Å². The lowest BCUT2D eigenvalue weighted by atomic mass is 10.2. The quantitative estimate of drug-likeness (QED) is 0.790. The molecule has 0 aromatic heterocycles. The van der Waals surface area contributed by atoms with E-state index < -0.39 is 5.83 Å². The molecular formula is C11H12FN3O. The van der Waals surface area contributed by atoms with Crippen molar-refractivity contribution in [3.63, 3.8) is 0 Å². The third-order valence-electron chi connectivity index (χ3n) is 2.11. The lowest BCUT2D eigenvalue weighted by Crippen LogP contribution is -2.34. The second kappa shape index (κ2) is 4.65. The van der Waals surface area contributed by atoms with Gasteiger partial charge in [0.25, 0.3) is 6.02 Å². The van der Waals surface area contributed by atoms with Gasteiger partial charge in [-0.2, -0.15) is 0 Å². The summed E-state index contributed by atoms with van der Waals surface area (Å²) >= 11 is 0. The Bertz CT molecular complexity index is 428. The Morgan fingerprint density at radius 2 is 2.12 bits per heavy atom. The normalized spacial score (nSPS) is 15.4. The molecular weight excluding hydrogens is 209 g/mol. The summed E-state index contributed by atoms with van der Waals surface area (Å²) in [6.45, 7) is 0.310. The number of benzene rings is 1. The molecule has 1 aromatic rings. The van der Waals surface area contributed by atoms with Crippen molar-refractivity contribution in [2.24, 2.45) is 10.7 Å². The molecule has 5 heteroatoms. The number of nitrogens with two attached hydrogens (primary N) is 1. The zero-order chi connectivity index (χ0) is 11.4. The second-order valence-electron chi connectivity index (χ2n) is 3.34. The predicted molar refractivity (Wildman–Crippen MR) is 59.0 cm³/mol. The minimum absolute atomic E-state index is 0.0296. The Kier molecular flexibility index (Phi) is 3.05. The Morgan fingerprint density at radius 1 is 1.38 bits per heavy atom. The summed E-state index contributed by atoms with van der Waals surface area (Å²) < 4.78 is 18.2. The third kappa shape index (κ3) is 2.50. The Balaban J connectivity index is 1.89. The highest BCUT2D eigenvalue weighted by atomic mass is 19.1. The number of aliphatic imine (C=N–C) groups is 1. The topological polar surface area (TPSA) is 59.6 Å². The van der Waals surface area contributed by atoms with E-state index in [1.165, 1.54) is 0 Å². The summed E-state index contributed by atoms with van der Waals surface area (Å²) in [4.78, 5) is 3.85. The fourth-order valence-electron chi connectivity index (χ4n) is 1.26. The smallest absolute Gasteiger partial charge is 0.291 e. The number of hydrogen-bond acceptors (Lipinski definition) is 4. The molecule has 16 heavy (non-hydrogen) atoms. The van der Waals surface area contributed by atoms with Crippen LogP contribution in [-0.2, 0) is 11.3 Å². The fraction of sp³-hybridized carbons (Fsp3) is 0.182. The Morgan fingerprint density at radius 3 is 2.81 bits per heavy atom. The lowest BCUT2D eigenvalue weighted by molar-refractivity contribution is 0.276. The Hall–Kier alpha value is -2.04. The molecule has 0 saturated heterocycles. The van der Waals surface area contributed by atoms with Crippen LogP contribution < -0.4 is 11.1 Å². The molecule has 0 aliphatic carbocycles. The molecule has 0 bridgehead atoms. The molecule has 0 spiro atoms. The van der Waals surface area contributed by atoms with Crippen LogP contribution in [0.1, 0.15) is 5.56 Å². The summed E-state index contributed by atoms with van der Waals surface area (Å²) in [7, 11) is 0. The molecule has 0 saturated carbocycles. The van der Waals surface area contributed by atoms with Gasteiger partial charge in [0, 0.05) is 0 Å². The van der Waals surface area contributed by atoms with Crippen LogP contribution in [0.25, 0.3) is 0 Å². The standard InChI is InChI=1S/C11H12FN3O/c12-9-6-14-11(15-10(9)13)16-7-8-4-2-1-3-5-8/h1-5H,6-7,13H2,(H,14,15). The van der Waals surface area contributed by atoms with Gasteiger partial charge in [0.15, 0.2) is 5.83 Å². The van der Waals surface area contributed by atoms with E-state index in [1.54, 1.807) is 0 Å². The number of rotatable bonds is 2. The van der Waals surface area contributed by atoms with Crippen molar-refractivity contribution in [1.29, 1.82) is 0 Å². The van der Waals surface area contributed by atoms with Gasteiger partial charge in [-0.25, -0.2) is 9.38 Å². The van der Waals surface area contributed by atoms with Gasteiger partial charge in [-0.1, -0.05) is 30.3 Å². The third-order valence-corrected chi connectivity index (χ3v) is 2.11. The molecule has 0 radical (unpaired) electrons. The van der Waals surface area contributed by atoms with Gasteiger partial charge < -0.3 is 10.5 Å². The van der Waals surface area contributed by atoms with Crippen molar-refractivity contribution in [1.82, 2.24) is 5.32 Å². The molecule has 2 rings (SSSR count). The molecule has 1 aliphatic rings. The van der Waals surface area contributed by atoms with E-state index in [1.807, 2.05) is 30.3 Å². The monoisotopic (exact) mass is 221 g/mol. The molecule has 1 aliphatic heterocycles. The fourth-order valence-corrected chi connectivity index (χ4v) is 1.26. The van der Waals surface area contributed by atoms with E-state index in [-0.39, 0.29) is 18.4 Å². The molecule has 0 atom stereocenters. The summed E-state index contributed by atoms with van der Waals surface area (Å²) in [6.07, 6.45) is 0. The number of nitrogens with zero attached hydrogens (tertiary/aromatic N) is 1. The maximum atomic E-state index is 12.8. The van der Waals surface area contributed by atoms with Crippen molar-refractivity contribution < 1.29 is 9.13 Å². The summed E-state index contributed by atoms with van der Waals surface area (Å²) in [6, 6.07) is 9.89. The van der Waals surface area contributed by atoms with Crippen molar-refractivity contribution >= 4 is 6.02 Å². The molecule has 0 unspecified atom stereocenters. The van der Waals surface area contributed by atoms with E-state index >= 15 is 0 Å². The number of ether oxygens (including phenoxy) is 1. The molecule has 0 fully saturated rings. The maximum absolute atomic E-state index is 12.8. The number of nitrogens with one attached hydrogen (secondary N) is 1. The Labute approximate surface area is 92.6 Å². The van der Waals surface area contributed by atoms with Crippen LogP contribution in [0.3, 0.4) is 0 Å². The minimum Gasteiger partial charge on any atom is -0.460 e. The summed E-state index contributed by atoms with van der Waals surface area (Å²) in [5, 5.41) is 2.55. The first-order valence-corrected chi connectivity index (χ1v) is 4.88. The predicted octanol–water partition coefficient (Wildman–Crippen LogP) is 1.26. The minimum atomic E-state index is -0.466. The van der Waals surface area contributed by atoms with Crippen LogP contribution in [0.4, 0.5) is 4.39 Å². The van der Waals surface area contributed by atoms with E-state index in [2.05, 4.69) is 10.3 Å².